The van der Waals surface area contributed by atoms with Crippen LogP contribution in [0.2, 0.25) is 0 Å². The van der Waals surface area contributed by atoms with Gasteiger partial charge in [-0.05, 0) is 0 Å². The number of carbonyl (C=O) groups excluding carboxylic acids is 1. The second kappa shape index (κ2) is 13.0. The van der Waals surface area contributed by atoms with Gasteiger partial charge in [0, 0.05) is 0 Å². The highest BCUT2D eigenvalue weighted by Gasteiger charge is 2.18. The van der Waals surface area contributed by atoms with E-state index in [1.54, 1.807) is 0 Å². The zero-order valence-electron chi connectivity index (χ0n) is 11.0. The van der Waals surface area contributed by atoms with Crippen LogP contribution in [0.1, 0.15) is 12.8 Å². The first-order valence-electron chi connectivity index (χ1n) is 5.16. The first kappa shape index (κ1) is 24.0. The van der Waals surface area contributed by atoms with Gasteiger partial charge in [0.1, 0.15) is 18.9 Å². The van der Waals surface area contributed by atoms with Crippen LogP contribution < -0.4 is 16.6 Å². The summed E-state index contributed by atoms with van der Waals surface area (Å²) in [6.07, 6.45) is -0.905. The van der Waals surface area contributed by atoms with Crippen LogP contribution in [0, 0.1) is 15.3 Å². The number of rotatable bonds is 6. The van der Waals surface area contributed by atoms with Crippen molar-refractivity contribution in [2.75, 3.05) is 0 Å². The molecular weight excluding hydrogens is 314 g/mol. The molecule has 0 aliphatic rings. The molecule has 2 atom stereocenters. The van der Waals surface area contributed by atoms with E-state index in [0.717, 1.165) is 0 Å². The van der Waals surface area contributed by atoms with Gasteiger partial charge in [0.2, 0.25) is 0 Å². The Kier molecular flexibility index (Phi) is 14.2. The first-order valence-corrected chi connectivity index (χ1v) is 5.16. The van der Waals surface area contributed by atoms with Gasteiger partial charge in [-0.2, -0.15) is 0 Å². The van der Waals surface area contributed by atoms with Gasteiger partial charge < -0.3 is 52.0 Å². The second-order valence-corrected chi connectivity index (χ2v) is 3.47. The topological polar surface area (TPSA) is 274 Å². The average molecular weight is 329 g/mol. The molecule has 0 aliphatic carbocycles. The Morgan fingerprint density at radius 1 is 0.909 bits per heavy atom. The minimum Gasteiger partial charge on any atom is -0.544 e. The van der Waals surface area contributed by atoms with Crippen molar-refractivity contribution in [2.45, 2.75) is 24.9 Å². The predicted octanol–water partition coefficient (Wildman–Crippen LogP) is -5.26. The Labute approximate surface area is 121 Å². The van der Waals surface area contributed by atoms with Crippen molar-refractivity contribution in [3.05, 3.63) is 15.3 Å². The largest absolute Gasteiger partial charge is 0.544 e. The third-order valence-corrected chi connectivity index (χ3v) is 1.52. The van der Waals surface area contributed by atoms with Gasteiger partial charge >= 0.3 is 17.9 Å². The van der Waals surface area contributed by atoms with E-state index in [2.05, 4.69) is 11.5 Å². The van der Waals surface area contributed by atoms with E-state index in [1.807, 2.05) is 0 Å². The van der Waals surface area contributed by atoms with Crippen LogP contribution in [0.3, 0.4) is 0 Å². The Morgan fingerprint density at radius 2 is 1.18 bits per heavy atom. The van der Waals surface area contributed by atoms with Crippen molar-refractivity contribution in [2.24, 2.45) is 0 Å². The van der Waals surface area contributed by atoms with Crippen molar-refractivity contribution in [3.63, 3.8) is 0 Å². The minimum atomic E-state index is -1.75. The quantitative estimate of drug-likeness (QED) is 0.226. The molecule has 0 spiro atoms. The first-order chi connectivity index (χ1) is 9.81. The molecule has 128 valence electrons. The second-order valence-electron chi connectivity index (χ2n) is 3.47. The summed E-state index contributed by atoms with van der Waals surface area (Å²) in [5, 5.41) is 48.7. The lowest BCUT2D eigenvalue weighted by molar-refractivity contribution is -0.436. The number of quaternary nitrogens is 2. The lowest BCUT2D eigenvalue weighted by atomic mass is 10.2. The van der Waals surface area contributed by atoms with Gasteiger partial charge in [-0.3, -0.25) is 9.59 Å². The molecule has 0 amide bonds. The molecule has 22 heavy (non-hydrogen) atoms. The molecule has 0 rings (SSSR count). The van der Waals surface area contributed by atoms with Crippen LogP contribution in [-0.2, 0) is 19.2 Å². The molecule has 0 radical (unpaired) electrons. The zero-order valence-corrected chi connectivity index (χ0v) is 11.0. The fourth-order valence-corrected chi connectivity index (χ4v) is 0.592. The van der Waals surface area contributed by atoms with Gasteiger partial charge in [0.25, 0.3) is 0 Å². The standard InChI is InChI=1S/2C4H7NO4.NO3/c2*5-2(4(8)9)1-3(6)7;2-1(3)4/h2*2H,1,5H2,(H,6,7)(H,8,9);/q;;-1/p+1/t2*2-;/m00./s1. The molecule has 0 saturated carbocycles. The number of carboxylic acids is 4. The maximum Gasteiger partial charge on any atom is 0.362 e. The van der Waals surface area contributed by atoms with Crippen LogP contribution in [-0.4, -0.2) is 56.4 Å². The Hall–Kier alpha value is -3.00. The van der Waals surface area contributed by atoms with E-state index in [1.165, 1.54) is 0 Å². The van der Waals surface area contributed by atoms with E-state index >= 15 is 0 Å². The van der Waals surface area contributed by atoms with E-state index in [4.69, 9.17) is 30.6 Å². The van der Waals surface area contributed by atoms with Crippen molar-refractivity contribution < 1.29 is 56.2 Å². The van der Waals surface area contributed by atoms with Crippen molar-refractivity contribution in [3.8, 4) is 0 Å². The number of carbonyl (C=O) groups is 4. The minimum absolute atomic E-state index is 0.421. The summed E-state index contributed by atoms with van der Waals surface area (Å²) in [6, 6.07) is -2.19. The Bertz CT molecular complexity index is 374. The number of aliphatic carboxylic acids is 4. The van der Waals surface area contributed by atoms with Crippen molar-refractivity contribution in [1.82, 2.24) is 0 Å². The summed E-state index contributed by atoms with van der Waals surface area (Å²) in [4.78, 5) is 47.6. The summed E-state index contributed by atoms with van der Waals surface area (Å²) < 4.78 is 0. The van der Waals surface area contributed by atoms with E-state index in [9.17, 15) is 24.3 Å². The molecule has 0 heterocycles. The molecule has 0 aromatic rings. The third-order valence-electron chi connectivity index (χ3n) is 1.52. The maximum absolute atomic E-state index is 9.91. The molecule has 0 aliphatic heterocycles. The van der Waals surface area contributed by atoms with Crippen LogP contribution in [0.4, 0.5) is 0 Å². The number of carboxylic acid groups (broad SMARTS) is 4. The molecule has 0 aromatic carbocycles. The molecule has 14 nitrogen and oxygen atoms in total. The zero-order chi connectivity index (χ0) is 18.5. The van der Waals surface area contributed by atoms with Gasteiger partial charge in [-0.1, -0.05) is 0 Å². The average Bonchev–Trinajstić information content (AvgIpc) is 2.26. The normalized spacial score (nSPS) is 11.4. The number of hydrogen-bond acceptors (Lipinski definition) is 8. The summed E-state index contributed by atoms with van der Waals surface area (Å²) in [6.45, 7) is 0. The molecule has 0 saturated heterocycles. The van der Waals surface area contributed by atoms with Crippen molar-refractivity contribution >= 4 is 23.9 Å². The van der Waals surface area contributed by atoms with E-state index < -0.39 is 53.9 Å². The summed E-state index contributed by atoms with van der Waals surface area (Å²) >= 11 is 0. The van der Waals surface area contributed by atoms with E-state index in [-0.39, 0.29) is 0 Å². The Morgan fingerprint density at radius 3 is 1.27 bits per heavy atom. The molecule has 0 fully saturated rings. The van der Waals surface area contributed by atoms with Crippen LogP contribution >= 0.6 is 0 Å². The van der Waals surface area contributed by atoms with Crippen LogP contribution in [0.15, 0.2) is 0 Å². The van der Waals surface area contributed by atoms with Gasteiger partial charge in [0.15, 0.2) is 6.04 Å². The summed E-state index contributed by atoms with van der Waals surface area (Å²) in [7, 11) is 0. The smallest absolute Gasteiger partial charge is 0.362 e. The number of nitrogens with zero attached hydrogens (tertiary/aromatic N) is 1. The van der Waals surface area contributed by atoms with Crippen molar-refractivity contribution in [1.29, 1.82) is 0 Å². The van der Waals surface area contributed by atoms with Gasteiger partial charge in [-0.25, -0.2) is 4.79 Å². The highest BCUT2D eigenvalue weighted by Crippen LogP contribution is 1.83. The molecule has 0 bridgehead atoms. The molecule has 9 N–H and O–H groups in total. The van der Waals surface area contributed by atoms with Gasteiger partial charge in [0.05, 0.1) is 11.1 Å². The summed E-state index contributed by atoms with van der Waals surface area (Å²) in [5.41, 5.74) is 6.13. The summed E-state index contributed by atoms with van der Waals surface area (Å²) in [5.74, 6) is -4.94. The van der Waals surface area contributed by atoms with Crippen LogP contribution in [0.5, 0.6) is 0 Å². The third kappa shape index (κ3) is 25.8. The molecular formula is C8H15N3O11. The predicted molar refractivity (Wildman–Crippen MR) is 60.9 cm³/mol. The molecule has 14 heteroatoms. The maximum atomic E-state index is 9.91. The number of hydrogen-bond donors (Lipinski definition) is 5. The fourth-order valence-electron chi connectivity index (χ4n) is 0.592. The highest BCUT2D eigenvalue weighted by atomic mass is 16.9. The molecule has 0 aromatic heterocycles. The van der Waals surface area contributed by atoms with E-state index in [0.29, 0.717) is 0 Å². The fraction of sp³-hybridized carbons (Fsp3) is 0.500. The monoisotopic (exact) mass is 329 g/mol. The van der Waals surface area contributed by atoms with Gasteiger partial charge in [-0.15, -0.1) is 0 Å². The Balaban J connectivity index is -0.000000266. The lowest BCUT2D eigenvalue weighted by Gasteiger charge is -2.04. The van der Waals surface area contributed by atoms with Crippen LogP contribution in [0.25, 0.3) is 0 Å². The lowest BCUT2D eigenvalue weighted by Crippen LogP contribution is -2.68. The SMILES string of the molecule is O=[N+]([O-])[O-].[NH3+][C@@H](CC(=O)O)C(=O)O.[NH3+][C@@H](CC(=O)O)C(=O)[O-]. The molecule has 0 unspecified atom stereocenters. The highest BCUT2D eigenvalue weighted by molar-refractivity contribution is 5.79.